The van der Waals surface area contributed by atoms with Crippen LogP contribution in [0.3, 0.4) is 0 Å². The normalized spacial score (nSPS) is 15.0. The maximum absolute atomic E-state index is 13.5. The number of fused-ring (bicyclic) bond motifs is 1. The van der Waals surface area contributed by atoms with E-state index in [-0.39, 0.29) is 18.8 Å². The number of nitrogens with one attached hydrogen (secondary N) is 1. The molecular formula is C31H29FN4O7. The maximum Gasteiger partial charge on any atom is 0.331 e. The number of ether oxygens (including phenoxy) is 4. The fourth-order valence-corrected chi connectivity index (χ4v) is 4.77. The van der Waals surface area contributed by atoms with Crippen LogP contribution < -0.4 is 29.2 Å². The Kier molecular flexibility index (Phi) is 8.28. The molecular weight excluding hydrogens is 559 g/mol. The SMILES string of the molecule is CCN1CC(C(=O)Nc2ccc(Oc3ccnc4cc(OC)c(OC)cc34)c(OC)c2)C(=O)N(c2ccc(F)cc2)C1=O. The van der Waals surface area contributed by atoms with Crippen molar-refractivity contribution >= 4 is 40.1 Å². The van der Waals surface area contributed by atoms with Gasteiger partial charge in [-0.05, 0) is 55.5 Å². The van der Waals surface area contributed by atoms with Crippen molar-refractivity contribution in [2.24, 2.45) is 5.92 Å². The minimum absolute atomic E-state index is 0.0978. The summed E-state index contributed by atoms with van der Waals surface area (Å²) in [5.74, 6) is -0.822. The second-order valence-corrected chi connectivity index (χ2v) is 9.51. The molecule has 11 nitrogen and oxygen atoms in total. The molecule has 1 aliphatic heterocycles. The highest BCUT2D eigenvalue weighted by molar-refractivity contribution is 6.23. The summed E-state index contributed by atoms with van der Waals surface area (Å²) in [6.07, 6.45) is 1.60. The molecule has 0 saturated carbocycles. The van der Waals surface area contributed by atoms with Crippen LogP contribution in [0.2, 0.25) is 0 Å². The molecule has 1 aromatic heterocycles. The van der Waals surface area contributed by atoms with Crippen molar-refractivity contribution in [3.05, 3.63) is 72.7 Å². The monoisotopic (exact) mass is 588 g/mol. The summed E-state index contributed by atoms with van der Waals surface area (Å²) in [4.78, 5) is 46.3. The van der Waals surface area contributed by atoms with E-state index in [9.17, 15) is 18.8 Å². The molecule has 1 fully saturated rings. The number of nitrogens with zero attached hydrogens (tertiary/aromatic N) is 3. The largest absolute Gasteiger partial charge is 0.493 e. The smallest absolute Gasteiger partial charge is 0.331 e. The third-order valence-electron chi connectivity index (χ3n) is 7.02. The van der Waals surface area contributed by atoms with Crippen LogP contribution in [-0.2, 0) is 9.59 Å². The lowest BCUT2D eigenvalue weighted by atomic mass is 10.0. The minimum Gasteiger partial charge on any atom is -0.493 e. The summed E-state index contributed by atoms with van der Waals surface area (Å²) in [5.41, 5.74) is 1.15. The Morgan fingerprint density at radius 2 is 1.58 bits per heavy atom. The lowest BCUT2D eigenvalue weighted by molar-refractivity contribution is -0.132. The summed E-state index contributed by atoms with van der Waals surface area (Å²) >= 11 is 0. The quantitative estimate of drug-likeness (QED) is 0.264. The molecule has 1 unspecified atom stereocenters. The average Bonchev–Trinajstić information content (AvgIpc) is 3.02. The number of hydrogen-bond acceptors (Lipinski definition) is 8. The number of rotatable bonds is 9. The van der Waals surface area contributed by atoms with Gasteiger partial charge >= 0.3 is 6.03 Å². The Morgan fingerprint density at radius 3 is 2.26 bits per heavy atom. The number of benzene rings is 3. The topological polar surface area (TPSA) is 120 Å². The highest BCUT2D eigenvalue weighted by atomic mass is 19.1. The predicted octanol–water partition coefficient (Wildman–Crippen LogP) is 5.24. The summed E-state index contributed by atoms with van der Waals surface area (Å²) in [7, 11) is 4.54. The Morgan fingerprint density at radius 1 is 0.907 bits per heavy atom. The number of amides is 4. The predicted molar refractivity (Wildman–Crippen MR) is 157 cm³/mol. The summed E-state index contributed by atoms with van der Waals surface area (Å²) < 4.78 is 36.0. The van der Waals surface area contributed by atoms with Crippen LogP contribution in [0.25, 0.3) is 10.9 Å². The Hall–Kier alpha value is -5.39. The van der Waals surface area contributed by atoms with E-state index in [4.69, 9.17) is 18.9 Å². The van der Waals surface area contributed by atoms with Crippen molar-refractivity contribution in [2.75, 3.05) is 44.6 Å². The lowest BCUT2D eigenvalue weighted by Crippen LogP contribution is -2.59. The molecule has 4 aromatic rings. The number of pyridine rings is 1. The van der Waals surface area contributed by atoms with Gasteiger partial charge in [0.2, 0.25) is 11.8 Å². The molecule has 1 atom stereocenters. The van der Waals surface area contributed by atoms with Gasteiger partial charge in [-0.25, -0.2) is 14.1 Å². The number of hydrogen-bond donors (Lipinski definition) is 1. The van der Waals surface area contributed by atoms with E-state index in [0.717, 1.165) is 17.0 Å². The molecule has 3 aromatic carbocycles. The molecule has 4 amide bonds. The van der Waals surface area contributed by atoms with Crippen molar-refractivity contribution in [3.8, 4) is 28.7 Å². The Balaban J connectivity index is 1.38. The van der Waals surface area contributed by atoms with Crippen LogP contribution in [0, 0.1) is 11.7 Å². The van der Waals surface area contributed by atoms with E-state index in [1.54, 1.807) is 56.6 Å². The van der Waals surface area contributed by atoms with Crippen molar-refractivity contribution in [2.45, 2.75) is 6.92 Å². The van der Waals surface area contributed by atoms with E-state index in [0.29, 0.717) is 45.3 Å². The second-order valence-electron chi connectivity index (χ2n) is 9.51. The third kappa shape index (κ3) is 5.71. The first kappa shape index (κ1) is 29.1. The number of anilines is 2. The number of carbonyl (C=O) groups is 3. The van der Waals surface area contributed by atoms with E-state index in [1.165, 1.54) is 31.3 Å². The molecule has 12 heteroatoms. The molecule has 1 aliphatic rings. The van der Waals surface area contributed by atoms with Crippen LogP contribution in [0.5, 0.6) is 28.7 Å². The number of urea groups is 1. The highest BCUT2D eigenvalue weighted by Gasteiger charge is 2.43. The van der Waals surface area contributed by atoms with Gasteiger partial charge < -0.3 is 29.2 Å². The Bertz CT molecular complexity index is 1700. The summed E-state index contributed by atoms with van der Waals surface area (Å²) in [5, 5.41) is 3.42. The molecule has 5 rings (SSSR count). The highest BCUT2D eigenvalue weighted by Crippen LogP contribution is 2.40. The molecule has 222 valence electrons. The molecule has 0 aliphatic carbocycles. The zero-order chi connectivity index (χ0) is 30.7. The maximum atomic E-state index is 13.5. The van der Waals surface area contributed by atoms with Gasteiger partial charge in [-0.3, -0.25) is 14.6 Å². The first-order valence-corrected chi connectivity index (χ1v) is 13.3. The molecule has 43 heavy (non-hydrogen) atoms. The number of methoxy groups -OCH3 is 3. The molecule has 2 heterocycles. The Labute approximate surface area is 246 Å². The lowest BCUT2D eigenvalue weighted by Gasteiger charge is -2.37. The summed E-state index contributed by atoms with van der Waals surface area (Å²) in [6, 6.07) is 14.4. The molecule has 1 N–H and O–H groups in total. The number of aromatic nitrogens is 1. The van der Waals surface area contributed by atoms with Gasteiger partial charge in [-0.1, -0.05) is 0 Å². The fraction of sp³-hybridized carbons (Fsp3) is 0.226. The van der Waals surface area contributed by atoms with Crippen molar-refractivity contribution in [1.29, 1.82) is 0 Å². The first-order valence-electron chi connectivity index (χ1n) is 13.3. The molecule has 0 bridgehead atoms. The zero-order valence-electron chi connectivity index (χ0n) is 23.9. The van der Waals surface area contributed by atoms with Crippen LogP contribution in [0.4, 0.5) is 20.6 Å². The number of carbonyl (C=O) groups excluding carboxylic acids is 3. The number of imide groups is 1. The van der Waals surface area contributed by atoms with E-state index in [2.05, 4.69) is 10.3 Å². The van der Waals surface area contributed by atoms with Gasteiger partial charge in [-0.2, -0.15) is 0 Å². The van der Waals surface area contributed by atoms with Crippen molar-refractivity contribution < 1.29 is 37.7 Å². The zero-order valence-corrected chi connectivity index (χ0v) is 23.9. The van der Waals surface area contributed by atoms with E-state index < -0.39 is 29.6 Å². The van der Waals surface area contributed by atoms with E-state index >= 15 is 0 Å². The van der Waals surface area contributed by atoms with Gasteiger partial charge in [0.25, 0.3) is 0 Å². The van der Waals surface area contributed by atoms with Gasteiger partial charge in [0.05, 0.1) is 32.5 Å². The third-order valence-corrected chi connectivity index (χ3v) is 7.02. The van der Waals surface area contributed by atoms with Crippen molar-refractivity contribution in [1.82, 2.24) is 9.88 Å². The van der Waals surface area contributed by atoms with Gasteiger partial charge in [0, 0.05) is 42.5 Å². The standard InChI is InChI=1S/C31H29FN4O7/c1-5-35-17-22(30(38)36(31(35)39)20-9-6-18(32)7-10-20)29(37)34-19-8-11-25(26(14-19)40-2)43-24-12-13-33-23-16-28(42-4)27(41-3)15-21(23)24/h6-16,22H,5,17H2,1-4H3,(H,34,37). The van der Waals surface area contributed by atoms with E-state index in [1.807, 2.05) is 0 Å². The van der Waals surface area contributed by atoms with Crippen LogP contribution in [-0.4, -0.2) is 62.1 Å². The van der Waals surface area contributed by atoms with Gasteiger partial charge in [-0.15, -0.1) is 0 Å². The van der Waals surface area contributed by atoms with Crippen LogP contribution >= 0.6 is 0 Å². The molecule has 0 spiro atoms. The van der Waals surface area contributed by atoms with Gasteiger partial charge in [0.15, 0.2) is 23.0 Å². The summed E-state index contributed by atoms with van der Waals surface area (Å²) in [6.45, 7) is 1.92. The van der Waals surface area contributed by atoms with Crippen molar-refractivity contribution in [3.63, 3.8) is 0 Å². The van der Waals surface area contributed by atoms with Crippen LogP contribution in [0.1, 0.15) is 6.92 Å². The number of halogens is 1. The second kappa shape index (κ2) is 12.2. The average molecular weight is 589 g/mol. The van der Waals surface area contributed by atoms with Gasteiger partial charge in [0.1, 0.15) is 17.5 Å². The molecule has 1 saturated heterocycles. The molecule has 0 radical (unpaired) electrons. The first-order chi connectivity index (χ1) is 20.8. The fourth-order valence-electron chi connectivity index (χ4n) is 4.77. The minimum atomic E-state index is -1.19. The van der Waals surface area contributed by atoms with Crippen LogP contribution in [0.15, 0.2) is 66.9 Å².